The molecule has 0 aliphatic carbocycles. The molecule has 0 radical (unpaired) electrons. The third-order valence-electron chi connectivity index (χ3n) is 13.6. The molecular weight excluding hydrogens is 913 g/mol. The number of hydrogen-bond acceptors (Lipinski definition) is 6. The van der Waals surface area contributed by atoms with E-state index in [2.05, 4.69) is 99.8 Å². The molecule has 0 aromatic rings. The first kappa shape index (κ1) is 70.6. The summed E-state index contributed by atoms with van der Waals surface area (Å²) in [7, 11) is 0. The Hall–Kier alpha value is -3.41. The van der Waals surface area contributed by atoms with Crippen LogP contribution in [0.3, 0.4) is 0 Å². The molecule has 0 heterocycles. The number of unbranched alkanes of at least 4 members (excludes halogenated alkanes) is 32. The molecule has 1 atom stereocenters. The predicted octanol–water partition coefficient (Wildman–Crippen LogP) is 21.5. The Morgan fingerprint density at radius 2 is 0.554 bits per heavy atom. The van der Waals surface area contributed by atoms with E-state index in [1.165, 1.54) is 186 Å². The van der Waals surface area contributed by atoms with E-state index in [0.29, 0.717) is 19.3 Å². The van der Waals surface area contributed by atoms with E-state index in [1.54, 1.807) is 0 Å². The van der Waals surface area contributed by atoms with Crippen molar-refractivity contribution in [2.24, 2.45) is 0 Å². The number of rotatable bonds is 57. The molecule has 0 rings (SSSR count). The lowest BCUT2D eigenvalue weighted by molar-refractivity contribution is -0.166. The van der Waals surface area contributed by atoms with Crippen LogP contribution >= 0.6 is 0 Å². The molecule has 1 unspecified atom stereocenters. The topological polar surface area (TPSA) is 78.9 Å². The molecule has 0 amide bonds. The van der Waals surface area contributed by atoms with Crippen molar-refractivity contribution in [3.63, 3.8) is 0 Å². The van der Waals surface area contributed by atoms with Crippen LogP contribution in [-0.2, 0) is 28.6 Å². The second-order valence-electron chi connectivity index (χ2n) is 20.9. The highest BCUT2D eigenvalue weighted by atomic mass is 16.6. The largest absolute Gasteiger partial charge is 0.462 e. The predicted molar refractivity (Wildman–Crippen MR) is 321 cm³/mol. The van der Waals surface area contributed by atoms with Gasteiger partial charge in [0.15, 0.2) is 6.10 Å². The number of allylic oxidation sites excluding steroid dienone is 14. The van der Waals surface area contributed by atoms with E-state index in [0.717, 1.165) is 77.0 Å². The Morgan fingerprint density at radius 1 is 0.284 bits per heavy atom. The van der Waals surface area contributed by atoms with Gasteiger partial charge in [0.2, 0.25) is 0 Å². The molecule has 0 aromatic heterocycles. The Balaban J connectivity index is 4.33. The molecule has 0 saturated carbocycles. The van der Waals surface area contributed by atoms with E-state index >= 15 is 0 Å². The fraction of sp³-hybridized carbons (Fsp3) is 0.750. The van der Waals surface area contributed by atoms with E-state index in [-0.39, 0.29) is 37.5 Å². The Labute approximate surface area is 458 Å². The van der Waals surface area contributed by atoms with Crippen molar-refractivity contribution in [2.45, 2.75) is 316 Å². The maximum atomic E-state index is 12.9. The van der Waals surface area contributed by atoms with Crippen LogP contribution in [-0.4, -0.2) is 37.2 Å². The molecule has 0 saturated heterocycles. The van der Waals surface area contributed by atoms with Crippen molar-refractivity contribution in [1.82, 2.24) is 0 Å². The molecule has 0 spiro atoms. The summed E-state index contributed by atoms with van der Waals surface area (Å²) in [6.07, 6.45) is 81.8. The molecule has 6 heteroatoms. The van der Waals surface area contributed by atoms with Gasteiger partial charge in [0.05, 0.1) is 0 Å². The highest BCUT2D eigenvalue weighted by molar-refractivity contribution is 5.71. The van der Waals surface area contributed by atoms with Crippen molar-refractivity contribution in [3.8, 4) is 0 Å². The molecule has 426 valence electrons. The van der Waals surface area contributed by atoms with Crippen molar-refractivity contribution in [3.05, 3.63) is 85.1 Å². The van der Waals surface area contributed by atoms with E-state index in [1.807, 2.05) is 6.08 Å². The average molecular weight is 1030 g/mol. The van der Waals surface area contributed by atoms with Crippen LogP contribution in [0.2, 0.25) is 0 Å². The Kier molecular flexibility index (Phi) is 59.3. The molecule has 0 aliphatic rings. The normalized spacial score (nSPS) is 12.6. The number of hydrogen-bond donors (Lipinski definition) is 0. The van der Waals surface area contributed by atoms with Crippen LogP contribution in [0.1, 0.15) is 310 Å². The molecule has 6 nitrogen and oxygen atoms in total. The Morgan fingerprint density at radius 3 is 0.932 bits per heavy atom. The van der Waals surface area contributed by atoms with E-state index < -0.39 is 6.10 Å². The third kappa shape index (κ3) is 59.5. The fourth-order valence-electron chi connectivity index (χ4n) is 8.89. The second-order valence-corrected chi connectivity index (χ2v) is 20.9. The zero-order valence-corrected chi connectivity index (χ0v) is 48.8. The lowest BCUT2D eigenvalue weighted by Crippen LogP contribution is -2.30. The van der Waals surface area contributed by atoms with Gasteiger partial charge in [0.1, 0.15) is 13.2 Å². The quantitative estimate of drug-likeness (QED) is 0.0261. The fourth-order valence-corrected chi connectivity index (χ4v) is 8.89. The van der Waals surface area contributed by atoms with Crippen LogP contribution < -0.4 is 0 Å². The van der Waals surface area contributed by atoms with E-state index in [9.17, 15) is 14.4 Å². The zero-order valence-electron chi connectivity index (χ0n) is 48.8. The molecule has 0 aliphatic heterocycles. The summed E-state index contributed by atoms with van der Waals surface area (Å²) in [6.45, 7) is 6.46. The first-order valence-corrected chi connectivity index (χ1v) is 31.6. The zero-order chi connectivity index (χ0) is 53.6. The highest BCUT2D eigenvalue weighted by Gasteiger charge is 2.19. The monoisotopic (exact) mass is 1030 g/mol. The first-order valence-electron chi connectivity index (χ1n) is 31.6. The lowest BCUT2D eigenvalue weighted by Gasteiger charge is -2.18. The average Bonchev–Trinajstić information content (AvgIpc) is 3.40. The van der Waals surface area contributed by atoms with Crippen molar-refractivity contribution < 1.29 is 28.6 Å². The number of esters is 3. The molecule has 0 fully saturated rings. The third-order valence-corrected chi connectivity index (χ3v) is 13.6. The van der Waals surface area contributed by atoms with Crippen molar-refractivity contribution in [2.75, 3.05) is 13.2 Å². The summed E-state index contributed by atoms with van der Waals surface area (Å²) in [5.41, 5.74) is 0. The molecule has 74 heavy (non-hydrogen) atoms. The van der Waals surface area contributed by atoms with Gasteiger partial charge in [0.25, 0.3) is 0 Å². The van der Waals surface area contributed by atoms with Gasteiger partial charge < -0.3 is 14.2 Å². The summed E-state index contributed by atoms with van der Waals surface area (Å²) in [4.78, 5) is 38.2. The summed E-state index contributed by atoms with van der Waals surface area (Å²) >= 11 is 0. The summed E-state index contributed by atoms with van der Waals surface area (Å²) in [6, 6.07) is 0. The smallest absolute Gasteiger partial charge is 0.306 e. The van der Waals surface area contributed by atoms with Crippen LogP contribution in [0.25, 0.3) is 0 Å². The van der Waals surface area contributed by atoms with E-state index in [4.69, 9.17) is 14.2 Å². The van der Waals surface area contributed by atoms with Gasteiger partial charge in [-0.25, -0.2) is 0 Å². The Bertz CT molecular complexity index is 1420. The highest BCUT2D eigenvalue weighted by Crippen LogP contribution is 2.16. The SMILES string of the molecule is CC/C=C\C/C=C\C/C=C\C/C=C\CCC(=O)OCC(COC(=O)CCCCCCCCCCCCCCC/C=C\CCCCCCCCCC)OC(=O)CCCCCCCCC/C=C\C/C=C\CCCCCC. The standard InChI is InChI=1S/C68H118O6/c1-4-7-10-13-16-19-22-25-27-29-31-32-33-34-35-36-37-39-40-43-46-49-52-55-58-61-67(70)73-64-65(63-72-66(69)60-57-54-51-48-45-42-24-21-18-15-12-9-6-3)74-68(71)62-59-56-53-50-47-44-41-38-30-28-26-23-20-17-14-11-8-5-2/h9,12,18,20-21,23,28-31,42,45,51,54,65H,4-8,10-11,13-17,19,22,24-27,32-41,43-44,46-50,52-53,55-64H2,1-3H3/b12-9-,21-18-,23-20-,30-28-,31-29-,45-42-,54-51-. The molecule has 0 aromatic carbocycles. The summed E-state index contributed by atoms with van der Waals surface area (Å²) < 4.78 is 16.8. The van der Waals surface area contributed by atoms with Gasteiger partial charge in [-0.2, -0.15) is 0 Å². The van der Waals surface area contributed by atoms with Gasteiger partial charge in [-0.05, 0) is 103 Å². The summed E-state index contributed by atoms with van der Waals surface area (Å²) in [5.74, 6) is -0.984. The number of carbonyl (C=O) groups excluding carboxylic acids is 3. The number of carbonyl (C=O) groups is 3. The van der Waals surface area contributed by atoms with Crippen LogP contribution in [0, 0.1) is 0 Å². The second kappa shape index (κ2) is 62.1. The minimum absolute atomic E-state index is 0.101. The van der Waals surface area contributed by atoms with Crippen LogP contribution in [0.15, 0.2) is 85.1 Å². The lowest BCUT2D eigenvalue weighted by atomic mass is 10.0. The molecule has 0 bridgehead atoms. The van der Waals surface area contributed by atoms with Crippen molar-refractivity contribution >= 4 is 17.9 Å². The maximum absolute atomic E-state index is 12.9. The van der Waals surface area contributed by atoms with Gasteiger partial charge >= 0.3 is 17.9 Å². The minimum atomic E-state index is -0.810. The van der Waals surface area contributed by atoms with Gasteiger partial charge in [-0.3, -0.25) is 14.4 Å². The minimum Gasteiger partial charge on any atom is -0.462 e. The van der Waals surface area contributed by atoms with Gasteiger partial charge in [0, 0.05) is 19.3 Å². The maximum Gasteiger partial charge on any atom is 0.306 e. The van der Waals surface area contributed by atoms with Gasteiger partial charge in [-0.15, -0.1) is 0 Å². The molecular formula is C68H118O6. The number of ether oxygens (including phenoxy) is 3. The first-order chi connectivity index (χ1) is 36.5. The van der Waals surface area contributed by atoms with Crippen LogP contribution in [0.4, 0.5) is 0 Å². The van der Waals surface area contributed by atoms with Crippen LogP contribution in [0.5, 0.6) is 0 Å². The molecule has 0 N–H and O–H groups in total. The van der Waals surface area contributed by atoms with Crippen molar-refractivity contribution in [1.29, 1.82) is 0 Å². The van der Waals surface area contributed by atoms with Gasteiger partial charge in [-0.1, -0.05) is 273 Å². The summed E-state index contributed by atoms with van der Waals surface area (Å²) in [5, 5.41) is 0.